The number of hydrazone groups is 1. The van der Waals surface area contributed by atoms with Gasteiger partial charge in [-0.15, -0.1) is 0 Å². The lowest BCUT2D eigenvalue weighted by Crippen LogP contribution is -2.33. The van der Waals surface area contributed by atoms with Crippen LogP contribution in [-0.4, -0.2) is 37.9 Å². The molecule has 0 saturated carbocycles. The van der Waals surface area contributed by atoms with Crippen LogP contribution in [0.2, 0.25) is 0 Å². The molecule has 0 radical (unpaired) electrons. The number of benzene rings is 4. The third-order valence-electron chi connectivity index (χ3n) is 5.82. The first-order valence-corrected chi connectivity index (χ1v) is 12.7. The summed E-state index contributed by atoms with van der Waals surface area (Å²) >= 11 is 0. The van der Waals surface area contributed by atoms with Gasteiger partial charge in [-0.3, -0.25) is 4.79 Å². The molecule has 0 fully saturated rings. The van der Waals surface area contributed by atoms with Crippen LogP contribution in [-0.2, 0) is 4.79 Å². The van der Waals surface area contributed by atoms with E-state index in [0.717, 1.165) is 11.1 Å². The molecule has 1 amide bonds. The van der Waals surface area contributed by atoms with Crippen LogP contribution in [0.5, 0.6) is 23.0 Å². The highest BCUT2D eigenvalue weighted by molar-refractivity contribution is 5.92. The number of rotatable bonds is 11. The van der Waals surface area contributed by atoms with Gasteiger partial charge in [-0.25, -0.2) is 10.2 Å². The van der Waals surface area contributed by atoms with E-state index in [4.69, 9.17) is 18.9 Å². The van der Waals surface area contributed by atoms with Gasteiger partial charge in [-0.05, 0) is 85.1 Å². The van der Waals surface area contributed by atoms with Crippen molar-refractivity contribution in [2.24, 2.45) is 5.10 Å². The van der Waals surface area contributed by atoms with Crippen LogP contribution in [0.25, 0.3) is 11.1 Å². The molecule has 1 atom stereocenters. The standard InChI is InChI=1S/C32H30N2O6/c1-4-38-27-15-13-26(14-16-27)32(36)40-29-19-10-23(20-30(29)37-3)21-33-34-31(35)22(2)39-28-17-11-25(12-18-28)24-8-6-5-7-9-24/h5-22H,4H2,1-3H3,(H,34,35)/b33-21+. The minimum Gasteiger partial charge on any atom is -0.494 e. The van der Waals surface area contributed by atoms with E-state index in [2.05, 4.69) is 10.5 Å². The summed E-state index contributed by atoms with van der Waals surface area (Å²) in [6.45, 7) is 4.07. The van der Waals surface area contributed by atoms with Gasteiger partial charge in [0.15, 0.2) is 17.6 Å². The smallest absolute Gasteiger partial charge is 0.343 e. The molecule has 0 aliphatic heterocycles. The summed E-state index contributed by atoms with van der Waals surface area (Å²) in [5, 5.41) is 4.02. The Morgan fingerprint density at radius 1 is 0.850 bits per heavy atom. The number of carbonyl (C=O) groups excluding carboxylic acids is 2. The first-order valence-electron chi connectivity index (χ1n) is 12.7. The molecule has 40 heavy (non-hydrogen) atoms. The van der Waals surface area contributed by atoms with E-state index in [9.17, 15) is 9.59 Å². The van der Waals surface area contributed by atoms with Gasteiger partial charge >= 0.3 is 5.97 Å². The second kappa shape index (κ2) is 13.6. The van der Waals surface area contributed by atoms with Crippen molar-refractivity contribution in [3.8, 4) is 34.1 Å². The highest BCUT2D eigenvalue weighted by atomic mass is 16.6. The van der Waals surface area contributed by atoms with Gasteiger partial charge in [0.2, 0.25) is 0 Å². The molecule has 204 valence electrons. The molecule has 0 saturated heterocycles. The molecular weight excluding hydrogens is 508 g/mol. The number of nitrogens with one attached hydrogen (secondary N) is 1. The monoisotopic (exact) mass is 538 g/mol. The molecule has 4 aromatic carbocycles. The Morgan fingerprint density at radius 3 is 2.20 bits per heavy atom. The van der Waals surface area contributed by atoms with E-state index >= 15 is 0 Å². The molecule has 0 bridgehead atoms. The first kappa shape index (κ1) is 27.9. The predicted molar refractivity (Wildman–Crippen MR) is 153 cm³/mol. The molecule has 8 nitrogen and oxygen atoms in total. The van der Waals surface area contributed by atoms with Crippen molar-refractivity contribution in [1.82, 2.24) is 5.43 Å². The molecule has 1 unspecified atom stereocenters. The third kappa shape index (κ3) is 7.48. The van der Waals surface area contributed by atoms with Crippen LogP contribution < -0.4 is 24.4 Å². The van der Waals surface area contributed by atoms with Gasteiger partial charge in [-0.2, -0.15) is 5.10 Å². The number of amides is 1. The average Bonchev–Trinajstić information content (AvgIpc) is 2.99. The Bertz CT molecular complexity index is 1450. The average molecular weight is 539 g/mol. The zero-order chi connectivity index (χ0) is 28.3. The van der Waals surface area contributed by atoms with E-state index in [1.54, 1.807) is 49.4 Å². The third-order valence-corrected chi connectivity index (χ3v) is 5.82. The molecule has 0 spiro atoms. The Hall–Kier alpha value is -5.11. The SMILES string of the molecule is CCOc1ccc(C(=O)Oc2ccc(/C=N/NC(=O)C(C)Oc3ccc(-c4ccccc4)cc3)cc2OC)cc1. The summed E-state index contributed by atoms with van der Waals surface area (Å²) in [7, 11) is 1.47. The van der Waals surface area contributed by atoms with Crippen LogP contribution in [0.15, 0.2) is 102 Å². The van der Waals surface area contributed by atoms with E-state index in [1.165, 1.54) is 13.3 Å². The van der Waals surface area contributed by atoms with Gasteiger partial charge in [0, 0.05) is 0 Å². The number of hydrogen-bond acceptors (Lipinski definition) is 7. The molecule has 8 heteroatoms. The van der Waals surface area contributed by atoms with Crippen molar-refractivity contribution >= 4 is 18.1 Å². The van der Waals surface area contributed by atoms with Gasteiger partial charge in [0.25, 0.3) is 5.91 Å². The number of hydrogen-bond donors (Lipinski definition) is 1. The first-order chi connectivity index (χ1) is 19.5. The summed E-state index contributed by atoms with van der Waals surface area (Å²) in [6, 6.07) is 29.1. The van der Waals surface area contributed by atoms with Crippen LogP contribution in [0.4, 0.5) is 0 Å². The Morgan fingerprint density at radius 2 is 1.52 bits per heavy atom. The molecule has 0 aromatic heterocycles. The summed E-state index contributed by atoms with van der Waals surface area (Å²) in [4.78, 5) is 25.0. The van der Waals surface area contributed by atoms with Crippen LogP contribution >= 0.6 is 0 Å². The fraction of sp³-hybridized carbons (Fsp3) is 0.156. The molecule has 4 rings (SSSR count). The Balaban J connectivity index is 1.31. The molecule has 1 N–H and O–H groups in total. The van der Waals surface area contributed by atoms with Crippen molar-refractivity contribution in [1.29, 1.82) is 0 Å². The molecule has 0 aliphatic rings. The zero-order valence-corrected chi connectivity index (χ0v) is 22.5. The maximum absolute atomic E-state index is 12.6. The highest BCUT2D eigenvalue weighted by Gasteiger charge is 2.15. The number of methoxy groups -OCH3 is 1. The highest BCUT2D eigenvalue weighted by Crippen LogP contribution is 2.29. The fourth-order valence-electron chi connectivity index (χ4n) is 3.74. The van der Waals surface area contributed by atoms with Crippen LogP contribution in [0, 0.1) is 0 Å². The van der Waals surface area contributed by atoms with Crippen LogP contribution in [0.1, 0.15) is 29.8 Å². The maximum Gasteiger partial charge on any atom is 0.343 e. The van der Waals surface area contributed by atoms with Crippen molar-refractivity contribution < 1.29 is 28.5 Å². The summed E-state index contributed by atoms with van der Waals surface area (Å²) < 4.78 is 22.0. The van der Waals surface area contributed by atoms with Crippen molar-refractivity contribution in [2.75, 3.05) is 13.7 Å². The topological polar surface area (TPSA) is 95.5 Å². The lowest BCUT2D eigenvalue weighted by molar-refractivity contribution is -0.127. The molecule has 0 heterocycles. The van der Waals surface area contributed by atoms with Crippen molar-refractivity contribution in [3.63, 3.8) is 0 Å². The quantitative estimate of drug-likeness (QED) is 0.111. The minimum absolute atomic E-state index is 0.253. The maximum atomic E-state index is 12.6. The Labute approximate surface area is 233 Å². The molecule has 0 aliphatic carbocycles. The predicted octanol–water partition coefficient (Wildman–Crippen LogP) is 5.90. The van der Waals surface area contributed by atoms with E-state index in [-0.39, 0.29) is 5.75 Å². The van der Waals surface area contributed by atoms with E-state index in [0.29, 0.717) is 35.0 Å². The second-order valence-corrected chi connectivity index (χ2v) is 8.64. The van der Waals surface area contributed by atoms with Gasteiger partial charge in [-0.1, -0.05) is 42.5 Å². The number of ether oxygens (including phenoxy) is 4. The fourth-order valence-corrected chi connectivity index (χ4v) is 3.74. The van der Waals surface area contributed by atoms with Gasteiger partial charge in [0.05, 0.1) is 25.5 Å². The summed E-state index contributed by atoms with van der Waals surface area (Å²) in [5.74, 6) is 0.903. The van der Waals surface area contributed by atoms with Gasteiger partial charge in [0.1, 0.15) is 11.5 Å². The van der Waals surface area contributed by atoms with Gasteiger partial charge < -0.3 is 18.9 Å². The largest absolute Gasteiger partial charge is 0.494 e. The number of esters is 1. The van der Waals surface area contributed by atoms with Crippen LogP contribution in [0.3, 0.4) is 0 Å². The van der Waals surface area contributed by atoms with E-state index in [1.807, 2.05) is 61.5 Å². The summed E-state index contributed by atoms with van der Waals surface area (Å²) in [5.41, 5.74) is 5.64. The second-order valence-electron chi connectivity index (χ2n) is 8.64. The normalized spacial score (nSPS) is 11.5. The molecular formula is C32H30N2O6. The van der Waals surface area contributed by atoms with Crippen molar-refractivity contribution in [3.05, 3.63) is 108 Å². The zero-order valence-electron chi connectivity index (χ0n) is 22.5. The lowest BCUT2D eigenvalue weighted by atomic mass is 10.1. The Kier molecular flexibility index (Phi) is 9.50. The number of nitrogens with zero attached hydrogens (tertiary/aromatic N) is 1. The van der Waals surface area contributed by atoms with E-state index < -0.39 is 18.0 Å². The summed E-state index contributed by atoms with van der Waals surface area (Å²) in [6.07, 6.45) is 0.693. The lowest BCUT2D eigenvalue weighted by Gasteiger charge is -2.13. The molecule has 4 aromatic rings. The van der Waals surface area contributed by atoms with Crippen molar-refractivity contribution in [2.45, 2.75) is 20.0 Å². The minimum atomic E-state index is -0.765. The number of carbonyl (C=O) groups is 2.